The highest BCUT2D eigenvalue weighted by Gasteiger charge is 2.33. The maximum absolute atomic E-state index is 12.6. The van der Waals surface area contributed by atoms with Gasteiger partial charge in [0.15, 0.2) is 0 Å². The van der Waals surface area contributed by atoms with Crippen LogP contribution in [0.5, 0.6) is 0 Å². The molecule has 0 radical (unpaired) electrons. The molecule has 0 spiro atoms. The quantitative estimate of drug-likeness (QED) is 0.497. The van der Waals surface area contributed by atoms with E-state index in [2.05, 4.69) is 5.32 Å². The van der Waals surface area contributed by atoms with Crippen molar-refractivity contribution in [3.05, 3.63) is 33.9 Å². The lowest BCUT2D eigenvalue weighted by molar-refractivity contribution is -0.384. The summed E-state index contributed by atoms with van der Waals surface area (Å²) in [6.07, 6.45) is -3.86. The molecule has 5 nitrogen and oxygen atoms in total. The molecule has 0 heterocycles. The first-order valence-electron chi connectivity index (χ1n) is 5.98. The van der Waals surface area contributed by atoms with Crippen molar-refractivity contribution >= 4 is 11.4 Å². The minimum Gasteiger partial charge on any atom is -0.369 e. The molecule has 0 bridgehead atoms. The van der Waals surface area contributed by atoms with Crippen LogP contribution in [-0.2, 0) is 6.18 Å². The summed E-state index contributed by atoms with van der Waals surface area (Å²) >= 11 is 0. The van der Waals surface area contributed by atoms with E-state index in [9.17, 15) is 23.3 Å². The van der Waals surface area contributed by atoms with Crippen molar-refractivity contribution in [3.63, 3.8) is 0 Å². The second-order valence-electron chi connectivity index (χ2n) is 4.34. The number of nitrogens with one attached hydrogen (secondary N) is 1. The predicted molar refractivity (Wildman–Crippen MR) is 69.9 cm³/mol. The zero-order valence-electron chi connectivity index (χ0n) is 11.2. The Kier molecular flexibility index (Phi) is 5.32. The third-order valence-electron chi connectivity index (χ3n) is 2.83. The fourth-order valence-electron chi connectivity index (χ4n) is 1.78. The van der Waals surface area contributed by atoms with Crippen molar-refractivity contribution in [3.8, 4) is 0 Å². The molecule has 0 aromatic heterocycles. The summed E-state index contributed by atoms with van der Waals surface area (Å²) in [7, 11) is 3.39. The van der Waals surface area contributed by atoms with Crippen molar-refractivity contribution in [1.82, 2.24) is 5.32 Å². The van der Waals surface area contributed by atoms with Gasteiger partial charge in [0.05, 0.1) is 10.5 Å². The van der Waals surface area contributed by atoms with E-state index in [1.165, 1.54) is 0 Å². The molecule has 1 aromatic carbocycles. The van der Waals surface area contributed by atoms with Gasteiger partial charge < -0.3 is 10.2 Å². The van der Waals surface area contributed by atoms with E-state index >= 15 is 0 Å². The molecule has 8 heteroatoms. The van der Waals surface area contributed by atoms with Gasteiger partial charge in [-0.25, -0.2) is 0 Å². The van der Waals surface area contributed by atoms with Crippen LogP contribution in [0.4, 0.5) is 24.5 Å². The summed E-state index contributed by atoms with van der Waals surface area (Å²) in [6, 6.07) is 2.57. The summed E-state index contributed by atoms with van der Waals surface area (Å²) in [5, 5.41) is 13.9. The molecule has 20 heavy (non-hydrogen) atoms. The predicted octanol–water partition coefficient (Wildman–Crippen LogP) is 2.66. The molecule has 0 fully saturated rings. The van der Waals surface area contributed by atoms with Crippen LogP contribution in [0.25, 0.3) is 0 Å². The van der Waals surface area contributed by atoms with Gasteiger partial charge in [-0.1, -0.05) is 0 Å². The van der Waals surface area contributed by atoms with Gasteiger partial charge >= 0.3 is 6.18 Å². The van der Waals surface area contributed by atoms with E-state index in [-0.39, 0.29) is 5.69 Å². The number of halogens is 3. The Labute approximate surface area is 114 Å². The summed E-state index contributed by atoms with van der Waals surface area (Å²) in [4.78, 5) is 11.7. The first-order valence-corrected chi connectivity index (χ1v) is 5.98. The fraction of sp³-hybridized carbons (Fsp3) is 0.500. The topological polar surface area (TPSA) is 58.4 Å². The molecule has 0 saturated carbocycles. The van der Waals surface area contributed by atoms with E-state index in [1.54, 1.807) is 19.0 Å². The zero-order chi connectivity index (χ0) is 15.3. The van der Waals surface area contributed by atoms with E-state index in [0.29, 0.717) is 12.6 Å². The van der Waals surface area contributed by atoms with Crippen LogP contribution in [0.2, 0.25) is 0 Å². The molecular weight excluding hydrogens is 275 g/mol. The van der Waals surface area contributed by atoms with Gasteiger partial charge in [0.1, 0.15) is 5.69 Å². The Morgan fingerprint density at radius 2 is 2.05 bits per heavy atom. The summed E-state index contributed by atoms with van der Waals surface area (Å²) in [6.45, 7) is 1.23. The molecular formula is C12H16F3N3O2. The van der Waals surface area contributed by atoms with Crippen LogP contribution in [0, 0.1) is 10.1 Å². The molecule has 0 atom stereocenters. The van der Waals surface area contributed by atoms with Crippen LogP contribution in [0.15, 0.2) is 18.2 Å². The molecule has 0 aliphatic carbocycles. The maximum atomic E-state index is 12.6. The molecule has 0 amide bonds. The molecule has 1 aromatic rings. The van der Waals surface area contributed by atoms with Crippen molar-refractivity contribution < 1.29 is 18.1 Å². The van der Waals surface area contributed by atoms with Crippen LogP contribution < -0.4 is 10.2 Å². The van der Waals surface area contributed by atoms with Crippen LogP contribution in [-0.4, -0.2) is 32.1 Å². The van der Waals surface area contributed by atoms with Gasteiger partial charge in [-0.15, -0.1) is 0 Å². The van der Waals surface area contributed by atoms with Crippen molar-refractivity contribution in [2.24, 2.45) is 0 Å². The van der Waals surface area contributed by atoms with E-state index in [1.807, 2.05) is 0 Å². The van der Waals surface area contributed by atoms with Gasteiger partial charge in [0.25, 0.3) is 5.69 Å². The molecule has 112 valence electrons. The van der Waals surface area contributed by atoms with Gasteiger partial charge in [-0.3, -0.25) is 10.1 Å². The normalized spacial score (nSPS) is 11.4. The number of rotatable bonds is 6. The maximum Gasteiger partial charge on any atom is 0.416 e. The number of alkyl halides is 3. The second kappa shape index (κ2) is 6.56. The smallest absolute Gasteiger partial charge is 0.369 e. The summed E-state index contributed by atoms with van der Waals surface area (Å²) < 4.78 is 37.7. The SMILES string of the molecule is CNCCCN(C)c1ccc(C(F)(F)F)cc1[N+](=O)[O-]. The number of anilines is 1. The number of nitrogens with zero attached hydrogens (tertiary/aromatic N) is 2. The third kappa shape index (κ3) is 4.09. The van der Waals surface area contributed by atoms with Gasteiger partial charge in [0.2, 0.25) is 0 Å². The Hall–Kier alpha value is -1.83. The monoisotopic (exact) mass is 291 g/mol. The number of nitro groups is 1. The van der Waals surface area contributed by atoms with Gasteiger partial charge in [-0.2, -0.15) is 13.2 Å². The van der Waals surface area contributed by atoms with Crippen LogP contribution in [0.3, 0.4) is 0 Å². The molecule has 0 aliphatic heterocycles. The standard InChI is InChI=1S/C12H16F3N3O2/c1-16-6-3-7-17(2)10-5-4-9(12(13,14)15)8-11(10)18(19)20/h4-5,8,16H,3,6-7H2,1-2H3. The highest BCUT2D eigenvalue weighted by atomic mass is 19.4. The second-order valence-corrected chi connectivity index (χ2v) is 4.34. The Morgan fingerprint density at radius 3 is 2.55 bits per heavy atom. The number of hydrogen-bond donors (Lipinski definition) is 1. The lowest BCUT2D eigenvalue weighted by Crippen LogP contribution is -2.23. The molecule has 0 aliphatic rings. The summed E-state index contributed by atoms with van der Waals surface area (Å²) in [5.74, 6) is 0. The lowest BCUT2D eigenvalue weighted by atomic mass is 10.1. The fourth-order valence-corrected chi connectivity index (χ4v) is 1.78. The number of hydrogen-bond acceptors (Lipinski definition) is 4. The van der Waals surface area contributed by atoms with Crippen LogP contribution >= 0.6 is 0 Å². The molecule has 1 rings (SSSR count). The van der Waals surface area contributed by atoms with E-state index in [0.717, 1.165) is 25.1 Å². The highest BCUT2D eigenvalue weighted by molar-refractivity contribution is 5.64. The molecule has 0 saturated heterocycles. The highest BCUT2D eigenvalue weighted by Crippen LogP contribution is 2.36. The Morgan fingerprint density at radius 1 is 1.40 bits per heavy atom. The molecule has 0 unspecified atom stereocenters. The van der Waals surface area contributed by atoms with Crippen molar-refractivity contribution in [1.29, 1.82) is 0 Å². The minimum atomic E-state index is -4.59. The number of benzene rings is 1. The van der Waals surface area contributed by atoms with Crippen molar-refractivity contribution in [2.45, 2.75) is 12.6 Å². The lowest BCUT2D eigenvalue weighted by Gasteiger charge is -2.19. The Bertz CT molecular complexity index is 478. The average Bonchev–Trinajstić information content (AvgIpc) is 2.37. The van der Waals surface area contributed by atoms with Crippen LogP contribution in [0.1, 0.15) is 12.0 Å². The summed E-state index contributed by atoms with van der Waals surface area (Å²) in [5.41, 5.74) is -1.37. The largest absolute Gasteiger partial charge is 0.416 e. The average molecular weight is 291 g/mol. The third-order valence-corrected chi connectivity index (χ3v) is 2.83. The van der Waals surface area contributed by atoms with Gasteiger partial charge in [0, 0.05) is 19.7 Å². The Balaban J connectivity index is 3.04. The first kappa shape index (κ1) is 16.2. The minimum absolute atomic E-state index is 0.180. The van der Waals surface area contributed by atoms with E-state index in [4.69, 9.17) is 0 Å². The first-order chi connectivity index (χ1) is 9.27. The van der Waals surface area contributed by atoms with E-state index < -0.39 is 22.4 Å². The number of nitro benzene ring substituents is 1. The molecule has 1 N–H and O–H groups in total. The van der Waals surface area contributed by atoms with Crippen molar-refractivity contribution in [2.75, 3.05) is 32.1 Å². The van der Waals surface area contributed by atoms with Gasteiger partial charge in [-0.05, 0) is 32.1 Å². The zero-order valence-corrected chi connectivity index (χ0v) is 11.2.